The average Bonchev–Trinajstić information content (AvgIpc) is 2.69. The van der Waals surface area contributed by atoms with E-state index in [1.165, 1.54) is 5.56 Å². The number of benzene rings is 1. The monoisotopic (exact) mass is 392 g/mol. The van der Waals surface area contributed by atoms with Gasteiger partial charge in [-0.05, 0) is 68.1 Å². The van der Waals surface area contributed by atoms with Crippen molar-refractivity contribution in [3.8, 4) is 6.07 Å². The number of carbonyl (C=O) groups is 2. The average molecular weight is 393 g/mol. The molecule has 1 aliphatic rings. The van der Waals surface area contributed by atoms with Gasteiger partial charge in [0.2, 0.25) is 0 Å². The molecule has 0 heterocycles. The van der Waals surface area contributed by atoms with Crippen LogP contribution in [0.2, 0.25) is 0 Å². The largest absolute Gasteiger partial charge is 0.303 e. The van der Waals surface area contributed by atoms with Gasteiger partial charge in [0.05, 0.1) is 11.6 Å². The number of nitriles is 1. The fourth-order valence-corrected chi connectivity index (χ4v) is 4.29. The molecule has 3 atom stereocenters. The van der Waals surface area contributed by atoms with Crippen molar-refractivity contribution in [3.63, 3.8) is 0 Å². The minimum atomic E-state index is -0.353. The number of aryl methyl sites for hydroxylation is 1. The second-order valence-corrected chi connectivity index (χ2v) is 8.49. The third-order valence-electron chi connectivity index (χ3n) is 6.46. The van der Waals surface area contributed by atoms with Crippen LogP contribution in [0, 0.1) is 29.6 Å². The van der Waals surface area contributed by atoms with E-state index >= 15 is 0 Å². The van der Waals surface area contributed by atoms with E-state index in [0.717, 1.165) is 42.4 Å². The van der Waals surface area contributed by atoms with E-state index in [2.05, 4.69) is 19.1 Å². The zero-order valence-corrected chi connectivity index (χ0v) is 18.3. The number of carbonyl (C=O) groups excluding carboxylic acids is 2. The van der Waals surface area contributed by atoms with Crippen LogP contribution in [0.3, 0.4) is 0 Å². The second kappa shape index (κ2) is 9.78. The summed E-state index contributed by atoms with van der Waals surface area (Å²) in [6, 6.07) is 8.20. The van der Waals surface area contributed by atoms with Crippen LogP contribution in [0.1, 0.15) is 82.4 Å². The molecule has 0 N–H and O–H groups in total. The maximum atomic E-state index is 12.6. The second-order valence-electron chi connectivity index (χ2n) is 8.49. The first-order valence-corrected chi connectivity index (χ1v) is 10.5. The van der Waals surface area contributed by atoms with Crippen molar-refractivity contribution in [1.29, 1.82) is 5.26 Å². The highest BCUT2D eigenvalue weighted by atomic mass is 16.1. The van der Waals surface area contributed by atoms with Gasteiger partial charge in [-0.1, -0.05) is 32.9 Å². The lowest BCUT2D eigenvalue weighted by Crippen LogP contribution is -2.35. The highest BCUT2D eigenvalue weighted by Gasteiger charge is 2.40. The number of allylic oxidation sites excluding steroid dienone is 2. The molecule has 1 aliphatic carbocycles. The molecule has 154 valence electrons. The maximum absolute atomic E-state index is 12.6. The van der Waals surface area contributed by atoms with Crippen molar-refractivity contribution in [2.45, 2.75) is 72.6 Å². The lowest BCUT2D eigenvalue weighted by molar-refractivity contribution is -0.121. The van der Waals surface area contributed by atoms with Gasteiger partial charge in [0.15, 0.2) is 5.78 Å². The van der Waals surface area contributed by atoms with Crippen molar-refractivity contribution < 1.29 is 9.59 Å². The minimum Gasteiger partial charge on any atom is -0.303 e. The van der Waals surface area contributed by atoms with E-state index in [0.29, 0.717) is 24.3 Å². The summed E-state index contributed by atoms with van der Waals surface area (Å²) in [6.45, 7) is 9.98. The molecule has 0 fully saturated rings. The van der Waals surface area contributed by atoms with Crippen LogP contribution in [0.15, 0.2) is 34.5 Å². The normalized spacial score (nSPS) is 21.9. The van der Waals surface area contributed by atoms with Gasteiger partial charge in [0, 0.05) is 29.8 Å². The number of hydrogen-bond acceptors (Lipinski definition) is 4. The molecule has 2 rings (SSSR count). The molecule has 0 aliphatic heterocycles. The third-order valence-corrected chi connectivity index (χ3v) is 6.46. The predicted octanol–water partition coefficient (Wildman–Crippen LogP) is 5.69. The Hall–Kier alpha value is -2.54. The molecule has 4 nitrogen and oxygen atoms in total. The molecule has 0 aromatic heterocycles. The zero-order chi connectivity index (χ0) is 21.6. The molecule has 0 spiro atoms. The number of nitrogens with zero attached hydrogens (tertiary/aromatic N) is 2. The van der Waals surface area contributed by atoms with E-state index < -0.39 is 0 Å². The van der Waals surface area contributed by atoms with Gasteiger partial charge in [-0.3, -0.25) is 9.79 Å². The van der Waals surface area contributed by atoms with Crippen molar-refractivity contribution in [2.24, 2.45) is 16.3 Å². The van der Waals surface area contributed by atoms with Crippen LogP contribution in [-0.4, -0.2) is 18.3 Å². The molecule has 29 heavy (non-hydrogen) atoms. The van der Waals surface area contributed by atoms with Crippen LogP contribution in [0.4, 0.5) is 0 Å². The number of ketones is 1. The number of aldehydes is 1. The summed E-state index contributed by atoms with van der Waals surface area (Å²) in [4.78, 5) is 28.8. The first-order chi connectivity index (χ1) is 13.8. The standard InChI is InChI=1S/C25H32N2O2/c1-6-19(20-8-9-21(15-26)17(3)12-20)10-11-27-23-13-25(5,22(7-2)16-28)14-24(29)18(23)4/h8-9,11-12,16,19,22H,6-7,10,13-14H2,1-5H3/b27-11-. The molecule has 0 radical (unpaired) electrons. The van der Waals surface area contributed by atoms with Gasteiger partial charge in [-0.15, -0.1) is 0 Å². The van der Waals surface area contributed by atoms with Crippen LogP contribution >= 0.6 is 0 Å². The Bertz CT molecular complexity index is 875. The molecular formula is C25H32N2O2. The van der Waals surface area contributed by atoms with Crippen molar-refractivity contribution in [1.82, 2.24) is 0 Å². The fourth-order valence-electron chi connectivity index (χ4n) is 4.29. The Morgan fingerprint density at radius 3 is 2.52 bits per heavy atom. The Morgan fingerprint density at radius 1 is 1.24 bits per heavy atom. The summed E-state index contributed by atoms with van der Waals surface area (Å²) in [6.07, 6.45) is 6.46. The zero-order valence-electron chi connectivity index (χ0n) is 18.3. The molecule has 1 aromatic carbocycles. The molecule has 4 heteroatoms. The van der Waals surface area contributed by atoms with Gasteiger partial charge in [0.25, 0.3) is 0 Å². The molecule has 3 unspecified atom stereocenters. The SMILES string of the molecule is CCC(C/C=N\C1=C(C)C(=O)CC(C)(C(C=O)CC)C1)c1ccc(C#N)c(C)c1. The van der Waals surface area contributed by atoms with E-state index in [-0.39, 0.29) is 17.1 Å². The van der Waals surface area contributed by atoms with Gasteiger partial charge in [-0.2, -0.15) is 5.26 Å². The maximum Gasteiger partial charge on any atom is 0.160 e. The van der Waals surface area contributed by atoms with Crippen LogP contribution in [-0.2, 0) is 9.59 Å². The van der Waals surface area contributed by atoms with E-state index in [1.54, 1.807) is 0 Å². The van der Waals surface area contributed by atoms with Crippen LogP contribution in [0.5, 0.6) is 0 Å². The van der Waals surface area contributed by atoms with Gasteiger partial charge >= 0.3 is 0 Å². The Morgan fingerprint density at radius 2 is 1.97 bits per heavy atom. The summed E-state index contributed by atoms with van der Waals surface area (Å²) in [5.41, 5.74) is 4.09. The van der Waals surface area contributed by atoms with Crippen LogP contribution in [0.25, 0.3) is 0 Å². The Kier molecular flexibility index (Phi) is 7.67. The predicted molar refractivity (Wildman–Crippen MR) is 117 cm³/mol. The summed E-state index contributed by atoms with van der Waals surface area (Å²) in [7, 11) is 0. The first kappa shape index (κ1) is 22.7. The molecule has 0 amide bonds. The number of rotatable bonds is 8. The highest BCUT2D eigenvalue weighted by Crippen LogP contribution is 2.44. The number of Topliss-reactive ketones (excluding diaryl/α,β-unsaturated/α-hetero) is 1. The van der Waals surface area contributed by atoms with E-state index in [4.69, 9.17) is 10.3 Å². The third kappa shape index (κ3) is 5.09. The van der Waals surface area contributed by atoms with E-state index in [9.17, 15) is 9.59 Å². The fraction of sp³-hybridized carbons (Fsp3) is 0.520. The minimum absolute atomic E-state index is 0.0981. The lowest BCUT2D eigenvalue weighted by Gasteiger charge is -2.37. The lowest BCUT2D eigenvalue weighted by atomic mass is 9.66. The summed E-state index contributed by atoms with van der Waals surface area (Å²) >= 11 is 0. The van der Waals surface area contributed by atoms with Crippen molar-refractivity contribution in [2.75, 3.05) is 0 Å². The Labute approximate surface area is 174 Å². The van der Waals surface area contributed by atoms with Crippen molar-refractivity contribution >= 4 is 18.3 Å². The van der Waals surface area contributed by atoms with Crippen LogP contribution < -0.4 is 0 Å². The van der Waals surface area contributed by atoms with E-state index in [1.807, 2.05) is 46.0 Å². The van der Waals surface area contributed by atoms with Crippen molar-refractivity contribution in [3.05, 3.63) is 46.2 Å². The molecule has 1 aromatic rings. The summed E-state index contributed by atoms with van der Waals surface area (Å²) in [5.74, 6) is 0.283. The molecular weight excluding hydrogens is 360 g/mol. The van der Waals surface area contributed by atoms with Gasteiger partial charge in [-0.25, -0.2) is 0 Å². The Balaban J connectivity index is 2.19. The first-order valence-electron chi connectivity index (χ1n) is 10.5. The molecule has 0 bridgehead atoms. The highest BCUT2D eigenvalue weighted by molar-refractivity contribution is 5.97. The summed E-state index contributed by atoms with van der Waals surface area (Å²) in [5, 5.41) is 9.13. The topological polar surface area (TPSA) is 70.3 Å². The smallest absolute Gasteiger partial charge is 0.160 e. The summed E-state index contributed by atoms with van der Waals surface area (Å²) < 4.78 is 0. The van der Waals surface area contributed by atoms with Gasteiger partial charge < -0.3 is 4.79 Å². The quantitative estimate of drug-likeness (QED) is 0.421. The van der Waals surface area contributed by atoms with Gasteiger partial charge in [0.1, 0.15) is 6.29 Å². The number of aliphatic imine (C=N–C) groups is 1. The number of hydrogen-bond donors (Lipinski definition) is 0. The molecule has 0 saturated carbocycles. The molecule has 0 saturated heterocycles.